The Balaban J connectivity index is 2.65. The maximum Gasteiger partial charge on any atom is 0.152 e. The molecule has 4 nitrogen and oxygen atoms in total. The van der Waals surface area contributed by atoms with Crippen LogP contribution in [0.15, 0.2) is 6.20 Å². The summed E-state index contributed by atoms with van der Waals surface area (Å²) in [5.74, 6) is 1.38. The number of carbonyl (C=O) groups is 1. The van der Waals surface area contributed by atoms with Crippen molar-refractivity contribution in [2.24, 2.45) is 13.0 Å². The molecule has 0 saturated carbocycles. The first kappa shape index (κ1) is 11.8. The molecular weight excluding hydrogens is 214 g/mol. The lowest BCUT2D eigenvalue weighted by Gasteiger charge is -2.06. The molecule has 0 atom stereocenters. The summed E-state index contributed by atoms with van der Waals surface area (Å²) < 4.78 is 1.89. The Bertz CT molecular complexity index is 570. The van der Waals surface area contributed by atoms with Crippen LogP contribution in [-0.4, -0.2) is 20.8 Å². The second-order valence-corrected chi connectivity index (χ2v) is 4.84. The molecule has 2 aromatic rings. The zero-order valence-electron chi connectivity index (χ0n) is 10.7. The summed E-state index contributed by atoms with van der Waals surface area (Å²) in [7, 11) is 1.90. The molecule has 0 fully saturated rings. The second kappa shape index (κ2) is 4.28. The first-order chi connectivity index (χ1) is 8.02. The summed E-state index contributed by atoms with van der Waals surface area (Å²) in [5, 5.41) is 0.870. The van der Waals surface area contributed by atoms with Crippen LogP contribution < -0.4 is 0 Å². The van der Waals surface area contributed by atoms with Gasteiger partial charge >= 0.3 is 0 Å². The third kappa shape index (κ3) is 2.07. The van der Waals surface area contributed by atoms with E-state index < -0.39 is 0 Å². The molecular formula is C13H17N3O. The smallest absolute Gasteiger partial charge is 0.152 e. The van der Waals surface area contributed by atoms with E-state index in [1.54, 1.807) is 6.20 Å². The van der Waals surface area contributed by atoms with Crippen LogP contribution in [0.5, 0.6) is 0 Å². The number of hydrogen-bond donors (Lipinski definition) is 0. The fourth-order valence-corrected chi connectivity index (χ4v) is 2.09. The summed E-state index contributed by atoms with van der Waals surface area (Å²) in [5.41, 5.74) is 2.39. The van der Waals surface area contributed by atoms with Crippen molar-refractivity contribution in [3.8, 4) is 0 Å². The number of nitrogens with zero attached hydrogens (tertiary/aromatic N) is 3. The molecule has 90 valence electrons. The van der Waals surface area contributed by atoms with Crippen LogP contribution in [0.4, 0.5) is 0 Å². The second-order valence-electron chi connectivity index (χ2n) is 4.84. The summed E-state index contributed by atoms with van der Waals surface area (Å²) in [6.45, 7) is 6.22. The molecule has 17 heavy (non-hydrogen) atoms. The molecule has 4 heteroatoms. The van der Waals surface area contributed by atoms with Gasteiger partial charge in [-0.05, 0) is 12.8 Å². The van der Waals surface area contributed by atoms with E-state index in [1.807, 2.05) is 18.5 Å². The van der Waals surface area contributed by atoms with Gasteiger partial charge in [-0.2, -0.15) is 0 Å². The number of fused-ring (bicyclic) bond motifs is 1. The van der Waals surface area contributed by atoms with Gasteiger partial charge in [-0.25, -0.2) is 9.97 Å². The minimum atomic E-state index is 0.526. The third-order valence-corrected chi connectivity index (χ3v) is 2.79. The molecule has 0 spiro atoms. The molecule has 0 aliphatic heterocycles. The van der Waals surface area contributed by atoms with E-state index in [1.165, 1.54) is 0 Å². The van der Waals surface area contributed by atoms with Gasteiger partial charge in [0.2, 0.25) is 0 Å². The molecule has 0 N–H and O–H groups in total. The molecule has 2 aromatic heterocycles. The zero-order valence-corrected chi connectivity index (χ0v) is 10.7. The van der Waals surface area contributed by atoms with Crippen LogP contribution in [0.25, 0.3) is 11.0 Å². The van der Waals surface area contributed by atoms with Crippen LogP contribution in [-0.2, 0) is 13.5 Å². The van der Waals surface area contributed by atoms with Crippen molar-refractivity contribution in [3.05, 3.63) is 23.3 Å². The topological polar surface area (TPSA) is 47.8 Å². The first-order valence-corrected chi connectivity index (χ1v) is 5.80. The van der Waals surface area contributed by atoms with Gasteiger partial charge in [-0.15, -0.1) is 0 Å². The van der Waals surface area contributed by atoms with Gasteiger partial charge < -0.3 is 4.57 Å². The van der Waals surface area contributed by atoms with Gasteiger partial charge in [-0.1, -0.05) is 13.8 Å². The van der Waals surface area contributed by atoms with E-state index in [0.29, 0.717) is 11.5 Å². The van der Waals surface area contributed by atoms with Gasteiger partial charge in [0.15, 0.2) is 6.29 Å². The van der Waals surface area contributed by atoms with Crippen molar-refractivity contribution in [1.29, 1.82) is 0 Å². The number of rotatable bonds is 3. The normalized spacial score (nSPS) is 11.4. The van der Waals surface area contributed by atoms with Crippen molar-refractivity contribution in [1.82, 2.24) is 14.5 Å². The molecule has 0 radical (unpaired) electrons. The number of hydrogen-bond acceptors (Lipinski definition) is 3. The Morgan fingerprint density at radius 3 is 2.71 bits per heavy atom. The van der Waals surface area contributed by atoms with E-state index in [-0.39, 0.29) is 0 Å². The van der Waals surface area contributed by atoms with Gasteiger partial charge in [0.25, 0.3) is 0 Å². The molecule has 0 saturated heterocycles. The molecule has 2 heterocycles. The third-order valence-electron chi connectivity index (χ3n) is 2.79. The highest BCUT2D eigenvalue weighted by Gasteiger charge is 2.13. The van der Waals surface area contributed by atoms with Gasteiger partial charge in [-0.3, -0.25) is 4.79 Å². The summed E-state index contributed by atoms with van der Waals surface area (Å²) in [6, 6.07) is 0. The molecule has 2 rings (SSSR count). The predicted molar refractivity (Wildman–Crippen MR) is 67.2 cm³/mol. The van der Waals surface area contributed by atoms with E-state index in [9.17, 15) is 4.79 Å². The summed E-state index contributed by atoms with van der Waals surface area (Å²) >= 11 is 0. The van der Waals surface area contributed by atoms with Crippen molar-refractivity contribution >= 4 is 17.3 Å². The van der Waals surface area contributed by atoms with Crippen molar-refractivity contribution in [3.63, 3.8) is 0 Å². The summed E-state index contributed by atoms with van der Waals surface area (Å²) in [6.07, 6.45) is 3.53. The molecule has 0 aliphatic rings. The van der Waals surface area contributed by atoms with Crippen molar-refractivity contribution in [2.75, 3.05) is 0 Å². The highest BCUT2D eigenvalue weighted by molar-refractivity contribution is 5.97. The minimum absolute atomic E-state index is 0.526. The van der Waals surface area contributed by atoms with Crippen LogP contribution in [0, 0.1) is 12.8 Å². The highest BCUT2D eigenvalue weighted by atomic mass is 16.1. The number of carbonyl (C=O) groups excluding carboxylic acids is 1. The monoisotopic (exact) mass is 231 g/mol. The Morgan fingerprint density at radius 1 is 1.41 bits per heavy atom. The van der Waals surface area contributed by atoms with E-state index in [4.69, 9.17) is 0 Å². The van der Waals surface area contributed by atoms with Gasteiger partial charge in [0.1, 0.15) is 11.5 Å². The molecule has 0 bridgehead atoms. The Hall–Kier alpha value is -1.71. The van der Waals surface area contributed by atoms with E-state index in [0.717, 1.165) is 35.3 Å². The van der Waals surface area contributed by atoms with Gasteiger partial charge in [0.05, 0.1) is 11.1 Å². The average molecular weight is 231 g/mol. The maximum atomic E-state index is 11.0. The maximum absolute atomic E-state index is 11.0. The number of aldehydes is 1. The Labute approximate surface area is 101 Å². The SMILES string of the molecule is Cc1nc(CC(C)C)nc2c1c(C=O)cn2C. The predicted octanol–water partition coefficient (Wildman–Crippen LogP) is 2.29. The zero-order chi connectivity index (χ0) is 12.6. The van der Waals surface area contributed by atoms with Crippen molar-refractivity contribution in [2.45, 2.75) is 27.2 Å². The van der Waals surface area contributed by atoms with Crippen molar-refractivity contribution < 1.29 is 4.79 Å². The summed E-state index contributed by atoms with van der Waals surface area (Å²) in [4.78, 5) is 20.0. The molecule has 0 amide bonds. The fraction of sp³-hybridized carbons (Fsp3) is 0.462. The largest absolute Gasteiger partial charge is 0.335 e. The molecule has 0 aliphatic carbocycles. The quantitative estimate of drug-likeness (QED) is 0.761. The first-order valence-electron chi connectivity index (χ1n) is 5.80. The fourth-order valence-electron chi connectivity index (χ4n) is 2.09. The van der Waals surface area contributed by atoms with Crippen LogP contribution in [0.3, 0.4) is 0 Å². The van der Waals surface area contributed by atoms with Crippen LogP contribution >= 0.6 is 0 Å². The molecule has 0 aromatic carbocycles. The lowest BCUT2D eigenvalue weighted by atomic mass is 10.1. The van der Waals surface area contributed by atoms with E-state index in [2.05, 4.69) is 23.8 Å². The van der Waals surface area contributed by atoms with Crippen LogP contribution in [0.1, 0.15) is 35.7 Å². The van der Waals surface area contributed by atoms with Gasteiger partial charge in [0, 0.05) is 25.2 Å². The number of aromatic nitrogens is 3. The Kier molecular flexibility index (Phi) is 2.96. The van der Waals surface area contributed by atoms with E-state index >= 15 is 0 Å². The average Bonchev–Trinajstić information content (AvgIpc) is 2.55. The number of aryl methyl sites for hydroxylation is 2. The van der Waals surface area contributed by atoms with Crippen LogP contribution in [0.2, 0.25) is 0 Å². The standard InChI is InChI=1S/C13H17N3O/c1-8(2)5-11-14-9(3)12-10(7-17)6-16(4)13(12)15-11/h6-8H,5H2,1-4H3. The lowest BCUT2D eigenvalue weighted by molar-refractivity contribution is 0.112. The minimum Gasteiger partial charge on any atom is -0.335 e. The molecule has 0 unspecified atom stereocenters. The highest BCUT2D eigenvalue weighted by Crippen LogP contribution is 2.21. The Morgan fingerprint density at radius 2 is 2.12 bits per heavy atom. The lowest BCUT2D eigenvalue weighted by Crippen LogP contribution is -2.04.